The average Bonchev–Trinajstić information content (AvgIpc) is 2.30. The smallest absolute Gasteiger partial charge is 0.222 e. The minimum Gasteiger partial charge on any atom is -0.369 e. The van der Waals surface area contributed by atoms with Crippen molar-refractivity contribution in [2.45, 2.75) is 38.5 Å². The Balaban J connectivity index is 1.99. The zero-order valence-electron chi connectivity index (χ0n) is 9.37. The number of piperidine rings is 1. The van der Waals surface area contributed by atoms with Gasteiger partial charge in [0.1, 0.15) is 0 Å². The second kappa shape index (κ2) is 4.97. The zero-order chi connectivity index (χ0) is 10.7. The highest BCUT2D eigenvalue weighted by molar-refractivity contribution is 5.77. The number of rotatable bonds is 2. The Morgan fingerprint density at radius 1 is 1.13 bits per heavy atom. The van der Waals surface area contributed by atoms with E-state index in [0.717, 1.165) is 25.4 Å². The minimum absolute atomic E-state index is 0.0850. The molecule has 2 unspecified atom stereocenters. The zero-order valence-corrected chi connectivity index (χ0v) is 9.37. The van der Waals surface area contributed by atoms with E-state index < -0.39 is 0 Å². The molecule has 0 bridgehead atoms. The largest absolute Gasteiger partial charge is 0.369 e. The predicted octanol–water partition coefficient (Wildman–Crippen LogP) is 1.28. The van der Waals surface area contributed by atoms with E-state index >= 15 is 0 Å². The molecule has 3 heteroatoms. The number of carbonyl (C=O) groups is 1. The highest BCUT2D eigenvalue weighted by Crippen LogP contribution is 2.36. The van der Waals surface area contributed by atoms with Gasteiger partial charge in [0, 0.05) is 6.54 Å². The Morgan fingerprint density at radius 3 is 2.53 bits per heavy atom. The molecule has 0 aromatic carbocycles. The Hall–Kier alpha value is -0.570. The molecule has 0 aromatic heterocycles. The molecule has 1 aliphatic carbocycles. The van der Waals surface area contributed by atoms with Gasteiger partial charge in [0.05, 0.1) is 5.92 Å². The Morgan fingerprint density at radius 2 is 1.87 bits per heavy atom. The van der Waals surface area contributed by atoms with Crippen LogP contribution in [0, 0.1) is 17.8 Å². The fourth-order valence-electron chi connectivity index (χ4n) is 3.32. The van der Waals surface area contributed by atoms with Crippen molar-refractivity contribution >= 4 is 5.91 Å². The number of nitrogens with two attached hydrogens (primary N) is 1. The third-order valence-electron chi connectivity index (χ3n) is 4.16. The van der Waals surface area contributed by atoms with E-state index in [1.165, 1.54) is 32.1 Å². The maximum absolute atomic E-state index is 11.4. The van der Waals surface area contributed by atoms with Gasteiger partial charge in [-0.1, -0.05) is 32.1 Å². The third kappa shape index (κ3) is 2.51. The standard InChI is InChI=1S/C12H22N2O/c13-12(15)11-8-14-7-6-10(11)9-4-2-1-3-5-9/h9-11,14H,1-8H2,(H2,13,15). The van der Waals surface area contributed by atoms with Crippen LogP contribution in [-0.4, -0.2) is 19.0 Å². The number of primary amides is 1. The van der Waals surface area contributed by atoms with Gasteiger partial charge >= 0.3 is 0 Å². The van der Waals surface area contributed by atoms with Crippen molar-refractivity contribution in [2.75, 3.05) is 13.1 Å². The van der Waals surface area contributed by atoms with Gasteiger partial charge in [0.2, 0.25) is 5.91 Å². The van der Waals surface area contributed by atoms with E-state index in [4.69, 9.17) is 5.73 Å². The van der Waals surface area contributed by atoms with Crippen molar-refractivity contribution in [3.8, 4) is 0 Å². The molecule has 1 aliphatic heterocycles. The lowest BCUT2D eigenvalue weighted by atomic mass is 9.71. The summed E-state index contributed by atoms with van der Waals surface area (Å²) in [5.41, 5.74) is 5.49. The van der Waals surface area contributed by atoms with Crippen molar-refractivity contribution in [1.29, 1.82) is 0 Å². The molecule has 3 nitrogen and oxygen atoms in total. The van der Waals surface area contributed by atoms with Gasteiger partial charge in [-0.15, -0.1) is 0 Å². The van der Waals surface area contributed by atoms with Gasteiger partial charge < -0.3 is 11.1 Å². The molecule has 3 N–H and O–H groups in total. The van der Waals surface area contributed by atoms with Crippen molar-refractivity contribution in [1.82, 2.24) is 5.32 Å². The summed E-state index contributed by atoms with van der Waals surface area (Å²) in [6.07, 6.45) is 7.84. The average molecular weight is 210 g/mol. The second-order valence-electron chi connectivity index (χ2n) is 5.06. The first-order valence-electron chi connectivity index (χ1n) is 6.29. The number of hydrogen-bond acceptors (Lipinski definition) is 2. The fraction of sp³-hybridized carbons (Fsp3) is 0.917. The summed E-state index contributed by atoms with van der Waals surface area (Å²) >= 11 is 0. The van der Waals surface area contributed by atoms with Crippen LogP contribution in [0.5, 0.6) is 0 Å². The lowest BCUT2D eigenvalue weighted by molar-refractivity contribution is -0.125. The molecular formula is C12H22N2O. The molecule has 0 radical (unpaired) electrons. The van der Waals surface area contributed by atoms with Crippen LogP contribution in [0.4, 0.5) is 0 Å². The summed E-state index contributed by atoms with van der Waals surface area (Å²) in [5, 5.41) is 3.28. The Kier molecular flexibility index (Phi) is 3.62. The third-order valence-corrected chi connectivity index (χ3v) is 4.16. The first-order chi connectivity index (χ1) is 7.29. The SMILES string of the molecule is NC(=O)C1CNCCC1C1CCCCC1. The normalized spacial score (nSPS) is 33.9. The number of amides is 1. The maximum Gasteiger partial charge on any atom is 0.222 e. The molecule has 86 valence electrons. The van der Waals surface area contributed by atoms with Crippen molar-refractivity contribution in [3.05, 3.63) is 0 Å². The quantitative estimate of drug-likeness (QED) is 0.721. The molecule has 1 saturated carbocycles. The van der Waals surface area contributed by atoms with E-state index in [0.29, 0.717) is 5.92 Å². The van der Waals surface area contributed by atoms with Gasteiger partial charge in [0.15, 0.2) is 0 Å². The fourth-order valence-corrected chi connectivity index (χ4v) is 3.32. The van der Waals surface area contributed by atoms with Crippen LogP contribution in [0.1, 0.15) is 38.5 Å². The summed E-state index contributed by atoms with van der Waals surface area (Å²) in [5.74, 6) is 1.31. The van der Waals surface area contributed by atoms with Gasteiger partial charge in [-0.3, -0.25) is 4.79 Å². The van der Waals surface area contributed by atoms with E-state index in [-0.39, 0.29) is 11.8 Å². The summed E-state index contributed by atoms with van der Waals surface area (Å²) in [7, 11) is 0. The molecule has 15 heavy (non-hydrogen) atoms. The highest BCUT2D eigenvalue weighted by Gasteiger charge is 2.35. The van der Waals surface area contributed by atoms with Crippen LogP contribution in [0.3, 0.4) is 0 Å². The van der Waals surface area contributed by atoms with E-state index in [2.05, 4.69) is 5.32 Å². The summed E-state index contributed by atoms with van der Waals surface area (Å²) in [6, 6.07) is 0. The Bertz CT molecular complexity index is 224. The van der Waals surface area contributed by atoms with Gasteiger partial charge in [-0.05, 0) is 24.8 Å². The number of carbonyl (C=O) groups excluding carboxylic acids is 1. The first kappa shape index (κ1) is 10.9. The molecule has 1 amide bonds. The van der Waals surface area contributed by atoms with Crippen LogP contribution >= 0.6 is 0 Å². The van der Waals surface area contributed by atoms with Crippen molar-refractivity contribution < 1.29 is 4.79 Å². The number of hydrogen-bond donors (Lipinski definition) is 2. The molecular weight excluding hydrogens is 188 g/mol. The van der Waals surface area contributed by atoms with Crippen LogP contribution in [-0.2, 0) is 4.79 Å². The van der Waals surface area contributed by atoms with Gasteiger partial charge in [-0.2, -0.15) is 0 Å². The Labute approximate surface area is 91.8 Å². The van der Waals surface area contributed by atoms with Gasteiger partial charge in [-0.25, -0.2) is 0 Å². The van der Waals surface area contributed by atoms with Gasteiger partial charge in [0.25, 0.3) is 0 Å². The predicted molar refractivity (Wildman–Crippen MR) is 60.2 cm³/mol. The second-order valence-corrected chi connectivity index (χ2v) is 5.06. The summed E-state index contributed by atoms with van der Waals surface area (Å²) in [6.45, 7) is 1.86. The lowest BCUT2D eigenvalue weighted by Gasteiger charge is -2.37. The molecule has 1 saturated heterocycles. The highest BCUT2D eigenvalue weighted by atomic mass is 16.1. The molecule has 2 atom stereocenters. The summed E-state index contributed by atoms with van der Waals surface area (Å²) in [4.78, 5) is 11.4. The van der Waals surface area contributed by atoms with Crippen molar-refractivity contribution in [3.63, 3.8) is 0 Å². The maximum atomic E-state index is 11.4. The van der Waals surface area contributed by atoms with Crippen molar-refractivity contribution in [2.24, 2.45) is 23.5 Å². The van der Waals surface area contributed by atoms with Crippen LogP contribution in [0.25, 0.3) is 0 Å². The molecule has 2 aliphatic rings. The van der Waals surface area contributed by atoms with E-state index in [1.807, 2.05) is 0 Å². The molecule has 2 rings (SSSR count). The molecule has 0 aromatic rings. The summed E-state index contributed by atoms with van der Waals surface area (Å²) < 4.78 is 0. The minimum atomic E-state index is -0.0993. The van der Waals surface area contributed by atoms with Crippen LogP contribution in [0.15, 0.2) is 0 Å². The monoisotopic (exact) mass is 210 g/mol. The van der Waals surface area contributed by atoms with E-state index in [9.17, 15) is 4.79 Å². The van der Waals surface area contributed by atoms with Crippen LogP contribution in [0.2, 0.25) is 0 Å². The number of nitrogens with one attached hydrogen (secondary N) is 1. The first-order valence-corrected chi connectivity index (χ1v) is 6.29. The lowest BCUT2D eigenvalue weighted by Crippen LogP contribution is -2.46. The molecule has 0 spiro atoms. The molecule has 1 heterocycles. The van der Waals surface area contributed by atoms with E-state index in [1.54, 1.807) is 0 Å². The van der Waals surface area contributed by atoms with Crippen LogP contribution < -0.4 is 11.1 Å². The molecule has 2 fully saturated rings. The topological polar surface area (TPSA) is 55.1 Å².